The molecule has 2 N–H and O–H groups in total. The molecule has 0 bridgehead atoms. The summed E-state index contributed by atoms with van der Waals surface area (Å²) in [5, 5.41) is 5.84. The smallest absolute Gasteiger partial charge is 0.239 e. The minimum Gasteiger partial charge on any atom is -0.358 e. The summed E-state index contributed by atoms with van der Waals surface area (Å²) in [6.45, 7) is -0.0411. The SMILES string of the molecule is CNC(=O)CNC(=O)Cc1ccc(Cl)cc1Cl. The van der Waals surface area contributed by atoms with Crippen LogP contribution in [0.4, 0.5) is 0 Å². The van der Waals surface area contributed by atoms with E-state index in [1.54, 1.807) is 18.2 Å². The minimum absolute atomic E-state index is 0.0411. The van der Waals surface area contributed by atoms with Crippen molar-refractivity contribution in [1.29, 1.82) is 0 Å². The number of hydrogen-bond donors (Lipinski definition) is 2. The number of likely N-dealkylation sites (N-methyl/N-ethyl adjacent to an activating group) is 1. The Morgan fingerprint density at radius 1 is 1.24 bits per heavy atom. The number of benzene rings is 1. The van der Waals surface area contributed by atoms with Crippen LogP contribution in [0.2, 0.25) is 10.0 Å². The van der Waals surface area contributed by atoms with Crippen LogP contribution >= 0.6 is 23.2 Å². The highest BCUT2D eigenvalue weighted by atomic mass is 35.5. The van der Waals surface area contributed by atoms with E-state index in [9.17, 15) is 9.59 Å². The van der Waals surface area contributed by atoms with E-state index < -0.39 is 0 Å². The van der Waals surface area contributed by atoms with Crippen LogP contribution in [0.5, 0.6) is 0 Å². The van der Waals surface area contributed by atoms with Gasteiger partial charge in [0, 0.05) is 17.1 Å². The Morgan fingerprint density at radius 3 is 2.53 bits per heavy atom. The Morgan fingerprint density at radius 2 is 1.94 bits per heavy atom. The first kappa shape index (κ1) is 13.8. The predicted molar refractivity (Wildman–Crippen MR) is 67.2 cm³/mol. The average molecular weight is 275 g/mol. The van der Waals surface area contributed by atoms with Crippen molar-refractivity contribution in [3.63, 3.8) is 0 Å². The van der Waals surface area contributed by atoms with Gasteiger partial charge in [0.15, 0.2) is 0 Å². The lowest BCUT2D eigenvalue weighted by atomic mass is 10.1. The van der Waals surface area contributed by atoms with Crippen molar-refractivity contribution in [2.24, 2.45) is 0 Å². The highest BCUT2D eigenvalue weighted by Gasteiger charge is 2.08. The van der Waals surface area contributed by atoms with Crippen molar-refractivity contribution >= 4 is 35.0 Å². The van der Waals surface area contributed by atoms with Gasteiger partial charge in [0.2, 0.25) is 11.8 Å². The molecule has 0 saturated carbocycles. The molecule has 0 atom stereocenters. The largest absolute Gasteiger partial charge is 0.358 e. The summed E-state index contributed by atoms with van der Waals surface area (Å²) >= 11 is 11.7. The zero-order chi connectivity index (χ0) is 12.8. The molecular weight excluding hydrogens is 263 g/mol. The molecule has 0 aliphatic rings. The van der Waals surface area contributed by atoms with Crippen molar-refractivity contribution < 1.29 is 9.59 Å². The molecule has 0 heterocycles. The van der Waals surface area contributed by atoms with Crippen LogP contribution in [-0.4, -0.2) is 25.4 Å². The number of amides is 2. The molecule has 1 aromatic carbocycles. The third-order valence-corrected chi connectivity index (χ3v) is 2.68. The number of halogens is 2. The van der Waals surface area contributed by atoms with Crippen LogP contribution in [0.15, 0.2) is 18.2 Å². The first-order chi connectivity index (χ1) is 8.02. The second-order valence-electron chi connectivity index (χ2n) is 3.36. The predicted octanol–water partition coefficient (Wildman–Crippen LogP) is 1.40. The Bertz CT molecular complexity index is 435. The molecule has 6 heteroatoms. The minimum atomic E-state index is -0.266. The molecule has 0 aliphatic carbocycles. The molecule has 0 unspecified atom stereocenters. The van der Waals surface area contributed by atoms with Crippen molar-refractivity contribution in [3.8, 4) is 0 Å². The quantitative estimate of drug-likeness (QED) is 0.872. The normalized spacial score (nSPS) is 9.82. The average Bonchev–Trinajstić information content (AvgIpc) is 2.29. The fraction of sp³-hybridized carbons (Fsp3) is 0.273. The van der Waals surface area contributed by atoms with Gasteiger partial charge in [-0.2, -0.15) is 0 Å². The van der Waals surface area contributed by atoms with Crippen LogP contribution in [0.25, 0.3) is 0 Å². The molecule has 0 saturated heterocycles. The monoisotopic (exact) mass is 274 g/mol. The molecule has 17 heavy (non-hydrogen) atoms. The zero-order valence-corrected chi connectivity index (χ0v) is 10.7. The van der Waals surface area contributed by atoms with Crippen LogP contribution < -0.4 is 10.6 Å². The van der Waals surface area contributed by atoms with E-state index in [1.807, 2.05) is 0 Å². The van der Waals surface area contributed by atoms with E-state index in [1.165, 1.54) is 7.05 Å². The number of carbonyl (C=O) groups is 2. The fourth-order valence-electron chi connectivity index (χ4n) is 1.17. The lowest BCUT2D eigenvalue weighted by Crippen LogP contribution is -2.35. The van der Waals surface area contributed by atoms with Gasteiger partial charge in [0.25, 0.3) is 0 Å². The van der Waals surface area contributed by atoms with Crippen molar-refractivity contribution in [2.75, 3.05) is 13.6 Å². The Kier molecular flexibility index (Phi) is 5.25. The highest BCUT2D eigenvalue weighted by molar-refractivity contribution is 6.35. The Labute approximate surface area is 109 Å². The molecule has 0 radical (unpaired) electrons. The molecule has 0 spiro atoms. The van der Waals surface area contributed by atoms with Gasteiger partial charge in [-0.25, -0.2) is 0 Å². The molecule has 1 aromatic rings. The van der Waals surface area contributed by atoms with E-state index in [4.69, 9.17) is 23.2 Å². The second-order valence-corrected chi connectivity index (χ2v) is 4.21. The van der Waals surface area contributed by atoms with Crippen molar-refractivity contribution in [1.82, 2.24) is 10.6 Å². The van der Waals surface area contributed by atoms with Gasteiger partial charge < -0.3 is 10.6 Å². The first-order valence-electron chi connectivity index (χ1n) is 4.94. The van der Waals surface area contributed by atoms with Crippen LogP contribution in [0, 0.1) is 0 Å². The summed E-state index contributed by atoms with van der Waals surface area (Å²) in [6, 6.07) is 4.92. The lowest BCUT2D eigenvalue weighted by molar-refractivity contribution is -0.125. The van der Waals surface area contributed by atoms with Crippen LogP contribution in [0.3, 0.4) is 0 Å². The summed E-state index contributed by atoms with van der Waals surface area (Å²) in [5.74, 6) is -0.515. The molecule has 0 aromatic heterocycles. The van der Waals surface area contributed by atoms with Crippen molar-refractivity contribution in [3.05, 3.63) is 33.8 Å². The second kappa shape index (κ2) is 6.47. The number of nitrogens with one attached hydrogen (secondary N) is 2. The van der Waals surface area contributed by atoms with E-state index in [0.717, 1.165) is 0 Å². The van der Waals surface area contributed by atoms with Crippen LogP contribution in [0.1, 0.15) is 5.56 Å². The van der Waals surface area contributed by atoms with Gasteiger partial charge in [-0.1, -0.05) is 29.3 Å². The van der Waals surface area contributed by atoms with Gasteiger partial charge in [0.1, 0.15) is 0 Å². The molecule has 2 amide bonds. The van der Waals surface area contributed by atoms with Crippen LogP contribution in [-0.2, 0) is 16.0 Å². The molecule has 92 valence electrons. The first-order valence-corrected chi connectivity index (χ1v) is 5.69. The maximum absolute atomic E-state index is 11.5. The van der Waals surface area contributed by atoms with E-state index in [-0.39, 0.29) is 24.8 Å². The highest BCUT2D eigenvalue weighted by Crippen LogP contribution is 2.21. The number of carbonyl (C=O) groups excluding carboxylic acids is 2. The Balaban J connectivity index is 2.53. The maximum Gasteiger partial charge on any atom is 0.239 e. The summed E-state index contributed by atoms with van der Waals surface area (Å²) in [5.41, 5.74) is 0.672. The summed E-state index contributed by atoms with van der Waals surface area (Å²) in [7, 11) is 1.50. The zero-order valence-electron chi connectivity index (χ0n) is 9.22. The molecule has 1 rings (SSSR count). The maximum atomic E-state index is 11.5. The fourth-order valence-corrected chi connectivity index (χ4v) is 1.64. The third kappa shape index (κ3) is 4.63. The molecular formula is C11H12Cl2N2O2. The molecule has 4 nitrogen and oxygen atoms in total. The number of hydrogen-bond acceptors (Lipinski definition) is 2. The van der Waals surface area contributed by atoms with E-state index >= 15 is 0 Å². The number of rotatable bonds is 4. The Hall–Kier alpha value is -1.26. The van der Waals surface area contributed by atoms with Gasteiger partial charge in [-0.3, -0.25) is 9.59 Å². The van der Waals surface area contributed by atoms with Gasteiger partial charge in [-0.05, 0) is 17.7 Å². The van der Waals surface area contributed by atoms with E-state index in [2.05, 4.69) is 10.6 Å². The topological polar surface area (TPSA) is 58.2 Å². The van der Waals surface area contributed by atoms with Gasteiger partial charge >= 0.3 is 0 Å². The third-order valence-electron chi connectivity index (χ3n) is 2.09. The lowest BCUT2D eigenvalue weighted by Gasteiger charge is -2.06. The summed E-state index contributed by atoms with van der Waals surface area (Å²) < 4.78 is 0. The van der Waals surface area contributed by atoms with E-state index in [0.29, 0.717) is 15.6 Å². The molecule has 0 fully saturated rings. The van der Waals surface area contributed by atoms with Gasteiger partial charge in [-0.15, -0.1) is 0 Å². The van der Waals surface area contributed by atoms with Crippen molar-refractivity contribution in [2.45, 2.75) is 6.42 Å². The standard InChI is InChI=1S/C11H12Cl2N2O2/c1-14-11(17)6-15-10(16)4-7-2-3-8(12)5-9(7)13/h2-3,5H,4,6H2,1H3,(H,14,17)(H,15,16). The molecule has 0 aliphatic heterocycles. The summed E-state index contributed by atoms with van der Waals surface area (Å²) in [6.07, 6.45) is 0.118. The summed E-state index contributed by atoms with van der Waals surface area (Å²) in [4.78, 5) is 22.4. The van der Waals surface area contributed by atoms with Gasteiger partial charge in [0.05, 0.1) is 13.0 Å².